The second-order valence-corrected chi connectivity index (χ2v) is 11.3. The predicted molar refractivity (Wildman–Crippen MR) is 137 cm³/mol. The van der Waals surface area contributed by atoms with Gasteiger partial charge in [0.05, 0.1) is 24.3 Å². The summed E-state index contributed by atoms with van der Waals surface area (Å²) in [6, 6.07) is 7.37. The number of thiophene rings is 1. The van der Waals surface area contributed by atoms with Crippen molar-refractivity contribution in [3.05, 3.63) is 50.1 Å². The highest BCUT2D eigenvalue weighted by atomic mass is 35.5. The van der Waals surface area contributed by atoms with Gasteiger partial charge < -0.3 is 9.64 Å². The summed E-state index contributed by atoms with van der Waals surface area (Å²) in [7, 11) is 2.12. The van der Waals surface area contributed by atoms with Crippen molar-refractivity contribution in [3.63, 3.8) is 0 Å². The maximum Gasteiger partial charge on any atom is 0.268 e. The standard InChI is InChI=1S/C23H25ClN6O2S2/c1-27-6-5-17-18(14-27)34-21-19(17)20(31)29(16-4-2-3-15(24)13-16)22-25-26-23(30(21)22)33-12-9-28-7-10-32-11-8-28/h2-4,13H,5-12,14H2,1H3. The number of rotatable bonds is 5. The van der Waals surface area contributed by atoms with Crippen LogP contribution >= 0.6 is 34.7 Å². The Morgan fingerprint density at radius 2 is 2.06 bits per heavy atom. The molecule has 2 aliphatic heterocycles. The van der Waals surface area contributed by atoms with Crippen LogP contribution in [-0.2, 0) is 17.7 Å². The fourth-order valence-electron chi connectivity index (χ4n) is 4.71. The Kier molecular flexibility index (Phi) is 6.13. The average molecular weight is 517 g/mol. The predicted octanol–water partition coefficient (Wildman–Crippen LogP) is 3.16. The van der Waals surface area contributed by atoms with Crippen molar-refractivity contribution in [2.24, 2.45) is 0 Å². The van der Waals surface area contributed by atoms with Gasteiger partial charge >= 0.3 is 0 Å². The smallest absolute Gasteiger partial charge is 0.268 e. The Labute approximate surface area is 210 Å². The van der Waals surface area contributed by atoms with Crippen molar-refractivity contribution in [1.82, 2.24) is 29.0 Å². The van der Waals surface area contributed by atoms with E-state index in [2.05, 4.69) is 31.4 Å². The molecule has 34 heavy (non-hydrogen) atoms. The first-order valence-corrected chi connectivity index (χ1v) is 13.6. The zero-order valence-corrected chi connectivity index (χ0v) is 21.3. The summed E-state index contributed by atoms with van der Waals surface area (Å²) in [6.45, 7) is 6.27. The number of likely N-dealkylation sites (N-methyl/N-ethyl adjacent to an activating group) is 1. The molecule has 3 aromatic heterocycles. The van der Waals surface area contributed by atoms with Gasteiger partial charge in [-0.25, -0.2) is 8.97 Å². The monoisotopic (exact) mass is 516 g/mol. The number of halogens is 1. The van der Waals surface area contributed by atoms with E-state index in [-0.39, 0.29) is 5.56 Å². The van der Waals surface area contributed by atoms with Crippen molar-refractivity contribution in [3.8, 4) is 5.69 Å². The number of aromatic nitrogens is 4. The lowest BCUT2D eigenvalue weighted by atomic mass is 10.1. The number of hydrogen-bond acceptors (Lipinski definition) is 8. The van der Waals surface area contributed by atoms with Crippen LogP contribution in [0.3, 0.4) is 0 Å². The highest BCUT2D eigenvalue weighted by Gasteiger charge is 2.27. The third kappa shape index (κ3) is 3.96. The summed E-state index contributed by atoms with van der Waals surface area (Å²) >= 11 is 9.68. The van der Waals surface area contributed by atoms with Gasteiger partial charge in [0.25, 0.3) is 5.56 Å². The Morgan fingerprint density at radius 3 is 2.88 bits per heavy atom. The van der Waals surface area contributed by atoms with E-state index in [1.165, 1.54) is 10.4 Å². The van der Waals surface area contributed by atoms with E-state index in [9.17, 15) is 4.79 Å². The molecule has 0 bridgehead atoms. The maximum absolute atomic E-state index is 13.9. The first kappa shape index (κ1) is 22.5. The van der Waals surface area contributed by atoms with Crippen LogP contribution in [0.25, 0.3) is 21.7 Å². The van der Waals surface area contributed by atoms with Crippen LogP contribution in [-0.4, -0.2) is 81.2 Å². The van der Waals surface area contributed by atoms with Crippen molar-refractivity contribution in [1.29, 1.82) is 0 Å². The summed E-state index contributed by atoms with van der Waals surface area (Å²) in [5, 5.41) is 11.2. The molecule has 8 nitrogen and oxygen atoms in total. The first-order valence-electron chi connectivity index (χ1n) is 11.4. The minimum Gasteiger partial charge on any atom is -0.379 e. The Morgan fingerprint density at radius 1 is 1.21 bits per heavy atom. The van der Waals surface area contributed by atoms with Crippen LogP contribution in [0.1, 0.15) is 10.4 Å². The number of thioether (sulfide) groups is 1. The minimum atomic E-state index is -0.0518. The third-order valence-electron chi connectivity index (χ3n) is 6.47. The van der Waals surface area contributed by atoms with Crippen LogP contribution < -0.4 is 5.56 Å². The third-order valence-corrected chi connectivity index (χ3v) is 8.82. The molecule has 0 N–H and O–H groups in total. The summed E-state index contributed by atoms with van der Waals surface area (Å²) in [6.07, 6.45) is 0.865. The molecule has 0 saturated carbocycles. The van der Waals surface area contributed by atoms with Gasteiger partial charge in [-0.1, -0.05) is 29.4 Å². The lowest BCUT2D eigenvalue weighted by molar-refractivity contribution is 0.0410. The molecule has 0 atom stereocenters. The summed E-state index contributed by atoms with van der Waals surface area (Å²) in [5.74, 6) is 1.42. The van der Waals surface area contributed by atoms with E-state index >= 15 is 0 Å². The Balaban J connectivity index is 1.50. The Hall–Kier alpha value is -1.95. The van der Waals surface area contributed by atoms with Crippen LogP contribution in [0.5, 0.6) is 0 Å². The highest BCUT2D eigenvalue weighted by molar-refractivity contribution is 7.99. The van der Waals surface area contributed by atoms with Gasteiger partial charge in [0, 0.05) is 48.4 Å². The molecule has 0 amide bonds. The van der Waals surface area contributed by atoms with Crippen LogP contribution in [0, 0.1) is 0 Å². The number of morpholine rings is 1. The molecular formula is C23H25ClN6O2S2. The minimum absolute atomic E-state index is 0.0518. The molecule has 11 heteroatoms. The average Bonchev–Trinajstić information content (AvgIpc) is 3.41. The lowest BCUT2D eigenvalue weighted by Crippen LogP contribution is -2.37. The molecule has 178 valence electrons. The molecular weight excluding hydrogens is 492 g/mol. The normalized spacial score (nSPS) is 17.6. The molecule has 1 saturated heterocycles. The van der Waals surface area contributed by atoms with E-state index in [0.29, 0.717) is 16.5 Å². The molecule has 6 rings (SSSR count). The lowest BCUT2D eigenvalue weighted by Gasteiger charge is -2.26. The number of benzene rings is 1. The molecule has 0 unspecified atom stereocenters. The van der Waals surface area contributed by atoms with Gasteiger partial charge in [0.1, 0.15) is 4.83 Å². The van der Waals surface area contributed by atoms with Gasteiger partial charge in [-0.05, 0) is 37.2 Å². The van der Waals surface area contributed by atoms with Gasteiger partial charge in [0.15, 0.2) is 5.16 Å². The molecule has 4 aromatic rings. The van der Waals surface area contributed by atoms with Gasteiger partial charge in [-0.15, -0.1) is 21.5 Å². The molecule has 0 aliphatic carbocycles. The SMILES string of the molecule is CN1CCc2c(sc3c2c(=O)n(-c2cccc(Cl)c2)c2nnc(SCCN4CCOCC4)n32)C1. The van der Waals surface area contributed by atoms with E-state index < -0.39 is 0 Å². The fraction of sp³-hybridized carbons (Fsp3) is 0.435. The van der Waals surface area contributed by atoms with Crippen molar-refractivity contribution >= 4 is 50.7 Å². The quantitative estimate of drug-likeness (QED) is 0.377. The molecule has 2 aliphatic rings. The topological polar surface area (TPSA) is 67.9 Å². The maximum atomic E-state index is 13.9. The van der Waals surface area contributed by atoms with Gasteiger partial charge in [-0.3, -0.25) is 9.69 Å². The summed E-state index contributed by atoms with van der Waals surface area (Å²) in [4.78, 5) is 20.8. The van der Waals surface area contributed by atoms with Crippen molar-refractivity contribution < 1.29 is 4.74 Å². The number of hydrogen-bond donors (Lipinski definition) is 0. The fourth-order valence-corrected chi connectivity index (χ4v) is 7.31. The molecule has 0 spiro atoms. The summed E-state index contributed by atoms with van der Waals surface area (Å²) in [5.41, 5.74) is 1.82. The van der Waals surface area contributed by atoms with E-state index in [1.807, 2.05) is 18.2 Å². The van der Waals surface area contributed by atoms with E-state index in [0.717, 1.165) is 73.5 Å². The molecule has 1 aromatic carbocycles. The number of ether oxygens (including phenoxy) is 1. The van der Waals surface area contributed by atoms with Gasteiger partial charge in [-0.2, -0.15) is 0 Å². The van der Waals surface area contributed by atoms with Crippen LogP contribution in [0.15, 0.2) is 34.2 Å². The zero-order valence-electron chi connectivity index (χ0n) is 18.9. The second kappa shape index (κ2) is 9.25. The van der Waals surface area contributed by atoms with Crippen molar-refractivity contribution in [2.75, 3.05) is 52.2 Å². The highest BCUT2D eigenvalue weighted by Crippen LogP contribution is 2.35. The summed E-state index contributed by atoms with van der Waals surface area (Å²) < 4.78 is 9.20. The van der Waals surface area contributed by atoms with Crippen LogP contribution in [0.4, 0.5) is 0 Å². The second-order valence-electron chi connectivity index (χ2n) is 8.71. The van der Waals surface area contributed by atoms with Crippen LogP contribution in [0.2, 0.25) is 5.02 Å². The number of nitrogens with zero attached hydrogens (tertiary/aromatic N) is 6. The number of fused-ring (bicyclic) bond motifs is 5. The van der Waals surface area contributed by atoms with E-state index in [4.69, 9.17) is 16.3 Å². The zero-order chi connectivity index (χ0) is 23.2. The molecule has 0 radical (unpaired) electrons. The van der Waals surface area contributed by atoms with Gasteiger partial charge in [0.2, 0.25) is 5.78 Å². The van der Waals surface area contributed by atoms with E-state index in [1.54, 1.807) is 33.7 Å². The Bertz CT molecular complexity index is 1420. The molecule has 5 heterocycles. The first-order chi connectivity index (χ1) is 16.6. The largest absolute Gasteiger partial charge is 0.379 e. The molecule has 1 fully saturated rings. The van der Waals surface area contributed by atoms with Crippen molar-refractivity contribution in [2.45, 2.75) is 18.1 Å².